The Hall–Kier alpha value is 1.02. The van der Waals surface area contributed by atoms with Crippen molar-refractivity contribution >= 4 is 100 Å². The SMILES string of the molecule is O=P(O)(O)C(F)(F)c1ccc(CSC/C=C/c2ccccc2)cc1Br.[NaH].[NaH]. The van der Waals surface area contributed by atoms with E-state index >= 15 is 0 Å². The zero-order valence-electron chi connectivity index (χ0n) is 13.0. The standard InChI is InChI=1S/C17H16BrF2O3PS.2Na.2H/c18-16-11-14(8-9-15(16)17(19,20)24(21,22)23)12-25-10-4-7-13-5-2-1-3-6-13;;;;/h1-9,11H,10,12H2,(H2,21,22,23);;;;/b7-4+;;;;. The van der Waals surface area contributed by atoms with Gasteiger partial charge in [-0.2, -0.15) is 20.5 Å². The molecule has 2 aromatic carbocycles. The van der Waals surface area contributed by atoms with Crippen LogP contribution >= 0.6 is 35.3 Å². The van der Waals surface area contributed by atoms with Crippen LogP contribution in [0.1, 0.15) is 16.7 Å². The Kier molecular flexibility index (Phi) is 13.1. The monoisotopic (exact) mass is 496 g/mol. The van der Waals surface area contributed by atoms with Crippen LogP contribution in [-0.4, -0.2) is 74.7 Å². The maximum atomic E-state index is 13.8. The first kappa shape index (κ1) is 28.0. The van der Waals surface area contributed by atoms with Crippen molar-refractivity contribution in [2.75, 3.05) is 5.75 Å². The summed E-state index contributed by atoms with van der Waals surface area (Å²) in [6, 6.07) is 13.8. The van der Waals surface area contributed by atoms with E-state index in [2.05, 4.69) is 15.9 Å². The van der Waals surface area contributed by atoms with Crippen LogP contribution in [0, 0.1) is 0 Å². The molecule has 0 aliphatic rings. The van der Waals surface area contributed by atoms with Gasteiger partial charge in [0.05, 0.1) is 0 Å². The van der Waals surface area contributed by atoms with E-state index in [1.165, 1.54) is 12.1 Å². The fraction of sp³-hybridized carbons (Fsp3) is 0.176. The van der Waals surface area contributed by atoms with Crippen LogP contribution in [0.5, 0.6) is 0 Å². The van der Waals surface area contributed by atoms with Crippen molar-refractivity contribution in [3.05, 3.63) is 75.8 Å². The molecular weight excluding hydrogens is 479 g/mol. The fourth-order valence-electron chi connectivity index (χ4n) is 2.04. The Bertz CT molecular complexity index is 804. The van der Waals surface area contributed by atoms with Gasteiger partial charge in [-0.3, -0.25) is 4.57 Å². The predicted molar refractivity (Wildman–Crippen MR) is 116 cm³/mol. The average molecular weight is 497 g/mol. The van der Waals surface area contributed by atoms with Crippen LogP contribution in [0.15, 0.2) is 59.1 Å². The third-order valence-corrected chi connectivity index (χ3v) is 5.91. The van der Waals surface area contributed by atoms with E-state index in [9.17, 15) is 13.3 Å². The third kappa shape index (κ3) is 8.35. The van der Waals surface area contributed by atoms with Crippen LogP contribution in [0.4, 0.5) is 8.78 Å². The van der Waals surface area contributed by atoms with Crippen molar-refractivity contribution < 1.29 is 23.1 Å². The molecule has 0 saturated carbocycles. The Balaban J connectivity index is 0.00000338. The predicted octanol–water partition coefficient (Wildman–Crippen LogP) is 4.33. The zero-order chi connectivity index (χ0) is 18.5. The number of alkyl halides is 2. The Morgan fingerprint density at radius 3 is 2.30 bits per heavy atom. The van der Waals surface area contributed by atoms with E-state index in [0.29, 0.717) is 5.75 Å². The van der Waals surface area contributed by atoms with E-state index < -0.39 is 18.8 Å². The first-order chi connectivity index (χ1) is 11.7. The molecule has 0 saturated heterocycles. The first-order valence-corrected chi connectivity index (χ1v) is 10.8. The molecule has 0 amide bonds. The molecule has 3 nitrogen and oxygen atoms in total. The van der Waals surface area contributed by atoms with Crippen LogP contribution in [0.2, 0.25) is 0 Å². The average Bonchev–Trinajstić information content (AvgIpc) is 2.54. The van der Waals surface area contributed by atoms with Crippen LogP contribution in [0.25, 0.3) is 6.08 Å². The summed E-state index contributed by atoms with van der Waals surface area (Å²) in [4.78, 5) is 17.6. The second-order valence-electron chi connectivity index (χ2n) is 5.23. The van der Waals surface area contributed by atoms with Gasteiger partial charge in [-0.1, -0.05) is 70.5 Å². The summed E-state index contributed by atoms with van der Waals surface area (Å²) in [6.45, 7) is 0. The van der Waals surface area contributed by atoms with E-state index in [0.717, 1.165) is 22.9 Å². The number of rotatable bonds is 7. The van der Waals surface area contributed by atoms with Crippen LogP contribution in [-0.2, 0) is 16.0 Å². The van der Waals surface area contributed by atoms with Gasteiger partial charge in [0.1, 0.15) is 0 Å². The number of thioether (sulfide) groups is 1. The van der Waals surface area contributed by atoms with Gasteiger partial charge in [-0.15, -0.1) is 0 Å². The summed E-state index contributed by atoms with van der Waals surface area (Å²) in [5.41, 5.74) is -3.03. The second kappa shape index (κ2) is 12.7. The number of hydrogen-bond donors (Lipinski definition) is 2. The topological polar surface area (TPSA) is 57.5 Å². The maximum absolute atomic E-state index is 13.8. The molecule has 0 heterocycles. The first-order valence-electron chi connectivity index (χ1n) is 7.23. The molecule has 0 aromatic heterocycles. The molecule has 2 aromatic rings. The zero-order valence-corrected chi connectivity index (χ0v) is 16.3. The van der Waals surface area contributed by atoms with Crippen molar-refractivity contribution in [2.24, 2.45) is 0 Å². The van der Waals surface area contributed by atoms with E-state index in [1.807, 2.05) is 42.5 Å². The van der Waals surface area contributed by atoms with Crippen molar-refractivity contribution in [3.63, 3.8) is 0 Å². The fourth-order valence-corrected chi connectivity index (χ4v) is 4.15. The Morgan fingerprint density at radius 2 is 1.74 bits per heavy atom. The Labute approximate surface area is 214 Å². The summed E-state index contributed by atoms with van der Waals surface area (Å²) < 4.78 is 38.5. The molecule has 2 N–H and O–H groups in total. The van der Waals surface area contributed by atoms with Gasteiger partial charge in [-0.05, 0) is 17.2 Å². The van der Waals surface area contributed by atoms with Crippen LogP contribution < -0.4 is 0 Å². The molecule has 0 unspecified atom stereocenters. The van der Waals surface area contributed by atoms with Gasteiger partial charge < -0.3 is 9.79 Å². The molecular formula is C17H18BrF2Na2O3PS. The number of hydrogen-bond acceptors (Lipinski definition) is 2. The molecule has 2 rings (SSSR count). The van der Waals surface area contributed by atoms with E-state index in [1.54, 1.807) is 11.8 Å². The second-order valence-corrected chi connectivity index (χ2v) is 8.76. The molecule has 0 spiro atoms. The summed E-state index contributed by atoms with van der Waals surface area (Å²) in [7, 11) is -5.57. The van der Waals surface area contributed by atoms with Crippen molar-refractivity contribution in [1.29, 1.82) is 0 Å². The molecule has 0 aliphatic heterocycles. The van der Waals surface area contributed by atoms with Gasteiger partial charge in [-0.25, -0.2) is 0 Å². The summed E-state index contributed by atoms with van der Waals surface area (Å²) in [5, 5.41) is 0. The molecule has 0 bridgehead atoms. The minimum atomic E-state index is -5.57. The summed E-state index contributed by atoms with van der Waals surface area (Å²) in [5.74, 6) is 1.35. The van der Waals surface area contributed by atoms with Gasteiger partial charge in [0.15, 0.2) is 0 Å². The summed E-state index contributed by atoms with van der Waals surface area (Å²) >= 11 is 4.59. The number of halogens is 3. The molecule has 138 valence electrons. The molecule has 27 heavy (non-hydrogen) atoms. The Morgan fingerprint density at radius 1 is 1.11 bits per heavy atom. The molecule has 0 radical (unpaired) electrons. The van der Waals surface area contributed by atoms with Crippen molar-refractivity contribution in [1.82, 2.24) is 0 Å². The quantitative estimate of drug-likeness (QED) is 0.340. The van der Waals surface area contributed by atoms with E-state index in [4.69, 9.17) is 9.79 Å². The van der Waals surface area contributed by atoms with Crippen molar-refractivity contribution in [2.45, 2.75) is 11.4 Å². The molecule has 0 aliphatic carbocycles. The normalized spacial score (nSPS) is 11.7. The minimum absolute atomic E-state index is 0. The summed E-state index contributed by atoms with van der Waals surface area (Å²) in [6.07, 6.45) is 4.03. The van der Waals surface area contributed by atoms with Gasteiger partial charge in [0.2, 0.25) is 0 Å². The molecule has 0 atom stereocenters. The van der Waals surface area contributed by atoms with Gasteiger partial charge in [0, 0.05) is 21.5 Å². The molecule has 0 fully saturated rings. The molecule has 10 heteroatoms. The van der Waals surface area contributed by atoms with Gasteiger partial charge in [0.25, 0.3) is 0 Å². The van der Waals surface area contributed by atoms with Gasteiger partial charge >= 0.3 is 72.4 Å². The van der Waals surface area contributed by atoms with Crippen LogP contribution in [0.3, 0.4) is 0 Å². The third-order valence-electron chi connectivity index (χ3n) is 3.32. The van der Waals surface area contributed by atoms with E-state index in [-0.39, 0.29) is 63.6 Å². The van der Waals surface area contributed by atoms with Crippen molar-refractivity contribution in [3.8, 4) is 0 Å². The number of benzene rings is 2.